The van der Waals surface area contributed by atoms with E-state index in [0.717, 1.165) is 32.3 Å². The molecule has 0 unspecified atom stereocenters. The lowest BCUT2D eigenvalue weighted by molar-refractivity contribution is -0.692. The van der Waals surface area contributed by atoms with Gasteiger partial charge in [-0.3, -0.25) is 0 Å². The van der Waals surface area contributed by atoms with E-state index >= 15 is 0 Å². The Morgan fingerprint density at radius 1 is 0.871 bits per heavy atom. The van der Waals surface area contributed by atoms with E-state index in [9.17, 15) is 0 Å². The molecule has 0 spiro atoms. The minimum absolute atomic E-state index is 0.351. The number of thiazole rings is 1. The number of ether oxygens (including phenoxy) is 2. The molecule has 2 atom stereocenters. The van der Waals surface area contributed by atoms with Crippen molar-refractivity contribution >= 4 is 11.3 Å². The quantitative estimate of drug-likeness (QED) is 0.141. The summed E-state index contributed by atoms with van der Waals surface area (Å²) in [6.45, 7) is 6.08. The fraction of sp³-hybridized carbons (Fsp3) is 0.889. The summed E-state index contributed by atoms with van der Waals surface area (Å²) in [4.78, 5) is 0. The van der Waals surface area contributed by atoms with Crippen molar-refractivity contribution in [2.75, 3.05) is 19.8 Å². The number of rotatable bonds is 21. The minimum atomic E-state index is 0.351. The molecular formula is C27H50NO2S+. The van der Waals surface area contributed by atoms with E-state index in [-0.39, 0.29) is 0 Å². The molecule has 4 heteroatoms. The number of hydrogen-bond acceptors (Lipinski definition) is 3. The Bertz CT molecular complexity index is 493. The van der Waals surface area contributed by atoms with E-state index in [1.165, 1.54) is 109 Å². The van der Waals surface area contributed by atoms with Gasteiger partial charge in [-0.25, -0.2) is 0 Å². The zero-order valence-corrected chi connectivity index (χ0v) is 21.2. The summed E-state index contributed by atoms with van der Waals surface area (Å²) < 4.78 is 14.1. The van der Waals surface area contributed by atoms with E-state index in [1.807, 2.05) is 0 Å². The summed E-state index contributed by atoms with van der Waals surface area (Å²) in [5.74, 6) is 0.777. The highest BCUT2D eigenvalue weighted by atomic mass is 32.1. The maximum Gasteiger partial charge on any atom is 0.224 e. The Hall–Kier alpha value is -0.450. The lowest BCUT2D eigenvalue weighted by atomic mass is 9.97. The predicted octanol–water partition coefficient (Wildman–Crippen LogP) is 7.72. The molecule has 1 aromatic rings. The molecule has 0 aliphatic carbocycles. The van der Waals surface area contributed by atoms with E-state index < -0.39 is 0 Å². The fourth-order valence-electron chi connectivity index (χ4n) is 4.65. The maximum atomic E-state index is 5.97. The van der Waals surface area contributed by atoms with Crippen molar-refractivity contribution in [3.05, 3.63) is 17.1 Å². The molecule has 0 amide bonds. The van der Waals surface area contributed by atoms with Crippen molar-refractivity contribution in [1.82, 2.24) is 0 Å². The second-order valence-electron chi connectivity index (χ2n) is 9.63. The van der Waals surface area contributed by atoms with E-state index in [4.69, 9.17) is 9.47 Å². The molecule has 1 aromatic heterocycles. The van der Waals surface area contributed by atoms with Crippen LogP contribution >= 0.6 is 11.3 Å². The topological polar surface area (TPSA) is 22.3 Å². The fourth-order valence-corrected chi connectivity index (χ4v) is 5.28. The van der Waals surface area contributed by atoms with Gasteiger partial charge in [-0.05, 0) is 31.6 Å². The summed E-state index contributed by atoms with van der Waals surface area (Å²) in [6, 6.07) is 0. The van der Waals surface area contributed by atoms with Crippen LogP contribution in [0.4, 0.5) is 0 Å². The van der Waals surface area contributed by atoms with Crippen LogP contribution in [0.3, 0.4) is 0 Å². The van der Waals surface area contributed by atoms with Crippen LogP contribution in [0.1, 0.15) is 116 Å². The highest BCUT2D eigenvalue weighted by Gasteiger charge is 2.24. The largest absolute Gasteiger partial charge is 0.379 e. The molecule has 0 N–H and O–H groups in total. The van der Waals surface area contributed by atoms with Crippen LogP contribution in [0, 0.1) is 5.92 Å². The van der Waals surface area contributed by atoms with E-state index in [1.54, 1.807) is 11.3 Å². The first-order valence-electron chi connectivity index (χ1n) is 13.5. The van der Waals surface area contributed by atoms with Gasteiger partial charge in [0.05, 0.1) is 18.1 Å². The number of nitrogens with zero attached hydrogens (tertiary/aromatic N) is 1. The Balaban J connectivity index is 1.29. The lowest BCUT2D eigenvalue weighted by Gasteiger charge is -2.10. The molecule has 0 radical (unpaired) electrons. The molecule has 1 aliphatic rings. The normalized spacial score (nSPS) is 18.7. The van der Waals surface area contributed by atoms with Gasteiger partial charge in [-0.1, -0.05) is 95.3 Å². The highest BCUT2D eigenvalue weighted by Crippen LogP contribution is 2.25. The van der Waals surface area contributed by atoms with Crippen LogP contribution < -0.4 is 4.57 Å². The first-order valence-corrected chi connectivity index (χ1v) is 14.4. The Morgan fingerprint density at radius 2 is 1.55 bits per heavy atom. The van der Waals surface area contributed by atoms with Gasteiger partial charge in [0.15, 0.2) is 6.20 Å². The molecule has 0 aromatic carbocycles. The average molecular weight is 453 g/mol. The second kappa shape index (κ2) is 19.1. The van der Waals surface area contributed by atoms with Crippen molar-refractivity contribution < 1.29 is 14.0 Å². The van der Waals surface area contributed by atoms with Crippen molar-refractivity contribution in [3.63, 3.8) is 0 Å². The highest BCUT2D eigenvalue weighted by molar-refractivity contribution is 7.07. The van der Waals surface area contributed by atoms with Gasteiger partial charge in [0.2, 0.25) is 5.51 Å². The molecular weight excluding hydrogens is 402 g/mol. The lowest BCUT2D eigenvalue weighted by Crippen LogP contribution is -2.29. The molecule has 1 aliphatic heterocycles. The third kappa shape index (κ3) is 14.3. The van der Waals surface area contributed by atoms with Gasteiger partial charge in [-0.2, -0.15) is 4.57 Å². The SMILES string of the molecule is CCCCCCCCCCCCCC[C@@H]1CO[C@@H](COCCCCC[n+]2ccsc2)C1. The minimum Gasteiger partial charge on any atom is -0.379 e. The standard InChI is InChI=1S/C27H50NO2S/c1-2-3-4-5-6-7-8-9-10-11-12-14-17-26-22-27(30-23-26)24-29-20-16-13-15-18-28-19-21-31-25-28/h19,21,25-27H,2-18,20,22-24H2,1H3/q+1/t26-,27+/m0/s1. The summed E-state index contributed by atoms with van der Waals surface area (Å²) >= 11 is 1.76. The molecule has 0 saturated carbocycles. The third-order valence-electron chi connectivity index (χ3n) is 6.67. The molecule has 31 heavy (non-hydrogen) atoms. The van der Waals surface area contributed by atoms with E-state index in [0.29, 0.717) is 6.10 Å². The molecule has 3 nitrogen and oxygen atoms in total. The van der Waals surface area contributed by atoms with Gasteiger partial charge >= 0.3 is 0 Å². The maximum absolute atomic E-state index is 5.97. The monoisotopic (exact) mass is 452 g/mol. The van der Waals surface area contributed by atoms with Crippen molar-refractivity contribution in [2.24, 2.45) is 5.92 Å². The molecule has 2 heterocycles. The molecule has 180 valence electrons. The molecule has 0 bridgehead atoms. The van der Waals surface area contributed by atoms with Gasteiger partial charge in [-0.15, -0.1) is 0 Å². The van der Waals surface area contributed by atoms with Crippen molar-refractivity contribution in [3.8, 4) is 0 Å². The number of aromatic nitrogens is 1. The van der Waals surface area contributed by atoms with Crippen LogP contribution in [-0.4, -0.2) is 25.9 Å². The number of hydrogen-bond donors (Lipinski definition) is 0. The first-order chi connectivity index (χ1) is 15.4. The van der Waals surface area contributed by atoms with Gasteiger partial charge in [0.1, 0.15) is 6.54 Å². The van der Waals surface area contributed by atoms with Gasteiger partial charge in [0, 0.05) is 19.6 Å². The predicted molar refractivity (Wildman–Crippen MR) is 133 cm³/mol. The van der Waals surface area contributed by atoms with Crippen LogP contribution in [0.15, 0.2) is 17.1 Å². The number of aryl methyl sites for hydroxylation is 1. The first kappa shape index (κ1) is 26.8. The summed E-state index contributed by atoms with van der Waals surface area (Å²) in [7, 11) is 0. The summed E-state index contributed by atoms with van der Waals surface area (Å²) in [5, 5.41) is 2.13. The smallest absolute Gasteiger partial charge is 0.224 e. The average Bonchev–Trinajstić information content (AvgIpc) is 3.46. The van der Waals surface area contributed by atoms with Crippen LogP contribution in [0.5, 0.6) is 0 Å². The van der Waals surface area contributed by atoms with Crippen molar-refractivity contribution in [2.45, 2.75) is 129 Å². The van der Waals surface area contributed by atoms with Crippen LogP contribution in [-0.2, 0) is 16.0 Å². The molecule has 2 rings (SSSR count). The van der Waals surface area contributed by atoms with Crippen LogP contribution in [0.2, 0.25) is 0 Å². The Labute approximate surface area is 196 Å². The zero-order valence-electron chi connectivity index (χ0n) is 20.4. The Kier molecular flexibility index (Phi) is 16.5. The zero-order chi connectivity index (χ0) is 21.8. The van der Waals surface area contributed by atoms with Crippen LogP contribution in [0.25, 0.3) is 0 Å². The molecule has 1 saturated heterocycles. The third-order valence-corrected chi connectivity index (χ3v) is 7.34. The van der Waals surface area contributed by atoms with Gasteiger partial charge < -0.3 is 9.47 Å². The van der Waals surface area contributed by atoms with Crippen molar-refractivity contribution in [1.29, 1.82) is 0 Å². The number of unbranched alkanes of at least 4 members (excludes halogenated alkanes) is 13. The summed E-state index contributed by atoms with van der Waals surface area (Å²) in [6.07, 6.45) is 25.9. The Morgan fingerprint density at radius 3 is 2.23 bits per heavy atom. The summed E-state index contributed by atoms with van der Waals surface area (Å²) in [5.41, 5.74) is 2.18. The molecule has 1 fully saturated rings. The van der Waals surface area contributed by atoms with E-state index in [2.05, 4.69) is 28.6 Å². The second-order valence-corrected chi connectivity index (χ2v) is 10.4. The van der Waals surface area contributed by atoms with Gasteiger partial charge in [0.25, 0.3) is 0 Å².